The molecule has 1 unspecified atom stereocenters. The number of rotatable bonds is 7. The molecule has 2 aromatic carbocycles. The first-order valence-electron chi connectivity index (χ1n) is 9.19. The van der Waals surface area contributed by atoms with Crippen molar-refractivity contribution in [3.05, 3.63) is 65.7 Å². The number of anilines is 1. The molecule has 1 fully saturated rings. The molecule has 0 aromatic heterocycles. The van der Waals surface area contributed by atoms with Crippen LogP contribution in [0.15, 0.2) is 48.5 Å². The van der Waals surface area contributed by atoms with Crippen molar-refractivity contribution >= 4 is 11.6 Å². The summed E-state index contributed by atoms with van der Waals surface area (Å²) in [5.74, 6) is -1.36. The van der Waals surface area contributed by atoms with E-state index < -0.39 is 11.6 Å². The van der Waals surface area contributed by atoms with Crippen LogP contribution in [-0.4, -0.2) is 37.0 Å². The first-order valence-corrected chi connectivity index (χ1v) is 9.19. The molecule has 3 rings (SSSR count). The zero-order valence-corrected chi connectivity index (χ0v) is 15.2. The number of benzene rings is 2. The van der Waals surface area contributed by atoms with Gasteiger partial charge in [0.05, 0.1) is 25.4 Å². The summed E-state index contributed by atoms with van der Waals surface area (Å²) in [5.41, 5.74) is 1.15. The molecular weight excluding hydrogens is 350 g/mol. The maximum absolute atomic E-state index is 13.6. The Labute approximate surface area is 158 Å². The Bertz CT molecular complexity index is 755. The summed E-state index contributed by atoms with van der Waals surface area (Å²) in [6.45, 7) is 3.02. The van der Waals surface area contributed by atoms with Crippen LogP contribution in [0.3, 0.4) is 0 Å². The quantitative estimate of drug-likeness (QED) is 0.801. The van der Waals surface area contributed by atoms with E-state index in [1.807, 2.05) is 30.3 Å². The molecule has 4 nitrogen and oxygen atoms in total. The van der Waals surface area contributed by atoms with Gasteiger partial charge in [-0.1, -0.05) is 30.3 Å². The third-order valence-corrected chi connectivity index (χ3v) is 4.64. The van der Waals surface area contributed by atoms with E-state index in [9.17, 15) is 13.6 Å². The standard InChI is InChI=1S/C21H24F2N2O2/c22-18-8-9-20(19(23)11-18)24-21(26)13-25-10-4-7-17(12-25)15-27-14-16-5-2-1-3-6-16/h1-3,5-6,8-9,11,17H,4,7,10,12-15H2,(H,24,26). The average molecular weight is 374 g/mol. The molecule has 144 valence electrons. The van der Waals surface area contributed by atoms with Crippen LogP contribution < -0.4 is 5.32 Å². The number of carbonyl (C=O) groups excluding carboxylic acids is 1. The van der Waals surface area contributed by atoms with E-state index in [1.54, 1.807) is 0 Å². The molecule has 2 aromatic rings. The van der Waals surface area contributed by atoms with Crippen molar-refractivity contribution in [1.82, 2.24) is 4.90 Å². The van der Waals surface area contributed by atoms with Crippen LogP contribution in [0.1, 0.15) is 18.4 Å². The number of hydrogen-bond acceptors (Lipinski definition) is 3. The zero-order chi connectivity index (χ0) is 19.1. The molecule has 0 saturated carbocycles. The van der Waals surface area contributed by atoms with Gasteiger partial charge in [0.2, 0.25) is 5.91 Å². The molecule has 1 aliphatic heterocycles. The Morgan fingerprint density at radius 1 is 1.19 bits per heavy atom. The van der Waals surface area contributed by atoms with Crippen LogP contribution in [0.25, 0.3) is 0 Å². The molecule has 1 aliphatic rings. The van der Waals surface area contributed by atoms with E-state index in [2.05, 4.69) is 10.2 Å². The highest BCUT2D eigenvalue weighted by atomic mass is 19.1. The van der Waals surface area contributed by atoms with Gasteiger partial charge >= 0.3 is 0 Å². The van der Waals surface area contributed by atoms with Crippen LogP contribution in [0, 0.1) is 17.6 Å². The van der Waals surface area contributed by atoms with E-state index in [0.717, 1.165) is 43.6 Å². The molecule has 1 N–H and O–H groups in total. The minimum absolute atomic E-state index is 0.00107. The number of halogens is 2. The van der Waals surface area contributed by atoms with Crippen LogP contribution in [0.2, 0.25) is 0 Å². The highest BCUT2D eigenvalue weighted by Crippen LogP contribution is 2.18. The number of piperidine rings is 1. The van der Waals surface area contributed by atoms with Gasteiger partial charge in [0.15, 0.2) is 0 Å². The van der Waals surface area contributed by atoms with Gasteiger partial charge in [-0.2, -0.15) is 0 Å². The largest absolute Gasteiger partial charge is 0.376 e. The Kier molecular flexibility index (Phi) is 6.90. The number of nitrogens with one attached hydrogen (secondary N) is 1. The lowest BCUT2D eigenvalue weighted by Crippen LogP contribution is -2.41. The van der Waals surface area contributed by atoms with Crippen molar-refractivity contribution in [2.24, 2.45) is 5.92 Å². The smallest absolute Gasteiger partial charge is 0.238 e. The maximum Gasteiger partial charge on any atom is 0.238 e. The number of ether oxygens (including phenoxy) is 1. The van der Waals surface area contributed by atoms with Gasteiger partial charge in [-0.3, -0.25) is 9.69 Å². The van der Waals surface area contributed by atoms with Crippen molar-refractivity contribution < 1.29 is 18.3 Å². The van der Waals surface area contributed by atoms with Crippen LogP contribution in [0.4, 0.5) is 14.5 Å². The van der Waals surface area contributed by atoms with Crippen LogP contribution in [0.5, 0.6) is 0 Å². The summed E-state index contributed by atoms with van der Waals surface area (Å²) in [4.78, 5) is 14.2. The Morgan fingerprint density at radius 3 is 2.78 bits per heavy atom. The lowest BCUT2D eigenvalue weighted by molar-refractivity contribution is -0.117. The third-order valence-electron chi connectivity index (χ3n) is 4.64. The van der Waals surface area contributed by atoms with Crippen molar-refractivity contribution in [2.75, 3.05) is 31.6 Å². The first-order chi connectivity index (χ1) is 13.1. The second kappa shape index (κ2) is 9.58. The van der Waals surface area contributed by atoms with E-state index in [4.69, 9.17) is 4.74 Å². The molecule has 1 saturated heterocycles. The van der Waals surface area contributed by atoms with Gasteiger partial charge in [-0.05, 0) is 43.0 Å². The molecular formula is C21H24F2N2O2. The highest BCUT2D eigenvalue weighted by molar-refractivity contribution is 5.92. The van der Waals surface area contributed by atoms with Gasteiger partial charge in [0.25, 0.3) is 0 Å². The minimum Gasteiger partial charge on any atom is -0.376 e. The summed E-state index contributed by atoms with van der Waals surface area (Å²) in [7, 11) is 0. The van der Waals surface area contributed by atoms with Crippen molar-refractivity contribution in [1.29, 1.82) is 0 Å². The Morgan fingerprint density at radius 2 is 2.00 bits per heavy atom. The van der Waals surface area contributed by atoms with E-state index in [-0.39, 0.29) is 18.1 Å². The van der Waals surface area contributed by atoms with Gasteiger partial charge < -0.3 is 10.1 Å². The molecule has 1 amide bonds. The summed E-state index contributed by atoms with van der Waals surface area (Å²) in [6, 6.07) is 13.1. The fraction of sp³-hybridized carbons (Fsp3) is 0.381. The second-order valence-corrected chi connectivity index (χ2v) is 6.92. The Balaban J connectivity index is 1.42. The van der Waals surface area contributed by atoms with Gasteiger partial charge in [-0.25, -0.2) is 8.78 Å². The number of likely N-dealkylation sites (tertiary alicyclic amines) is 1. The molecule has 1 atom stereocenters. The molecule has 0 radical (unpaired) electrons. The number of carbonyl (C=O) groups is 1. The minimum atomic E-state index is -0.769. The third kappa shape index (κ3) is 6.12. The fourth-order valence-electron chi connectivity index (χ4n) is 3.33. The monoisotopic (exact) mass is 374 g/mol. The predicted octanol–water partition coefficient (Wildman–Crippen LogP) is 3.83. The maximum atomic E-state index is 13.6. The van der Waals surface area contributed by atoms with E-state index in [1.165, 1.54) is 6.07 Å². The fourth-order valence-corrected chi connectivity index (χ4v) is 3.33. The number of amides is 1. The molecule has 27 heavy (non-hydrogen) atoms. The summed E-state index contributed by atoms with van der Waals surface area (Å²) < 4.78 is 32.4. The van der Waals surface area contributed by atoms with Gasteiger partial charge in [0.1, 0.15) is 11.6 Å². The van der Waals surface area contributed by atoms with Crippen LogP contribution >= 0.6 is 0 Å². The first kappa shape index (κ1) is 19.5. The second-order valence-electron chi connectivity index (χ2n) is 6.92. The topological polar surface area (TPSA) is 41.6 Å². The molecule has 0 bridgehead atoms. The lowest BCUT2D eigenvalue weighted by Gasteiger charge is -2.32. The molecule has 6 heteroatoms. The number of nitrogens with zero attached hydrogens (tertiary/aromatic N) is 1. The normalized spacial score (nSPS) is 17.6. The van der Waals surface area contributed by atoms with E-state index in [0.29, 0.717) is 19.1 Å². The summed E-state index contributed by atoms with van der Waals surface area (Å²) in [5, 5.41) is 2.51. The van der Waals surface area contributed by atoms with Gasteiger partial charge in [0, 0.05) is 12.6 Å². The SMILES string of the molecule is O=C(CN1CCCC(COCc2ccccc2)C1)Nc1ccc(F)cc1F. The van der Waals surface area contributed by atoms with E-state index >= 15 is 0 Å². The van der Waals surface area contributed by atoms with Crippen molar-refractivity contribution in [3.63, 3.8) is 0 Å². The van der Waals surface area contributed by atoms with Crippen LogP contribution in [-0.2, 0) is 16.1 Å². The molecule has 0 spiro atoms. The molecule has 1 heterocycles. The summed E-state index contributed by atoms with van der Waals surface area (Å²) >= 11 is 0. The number of hydrogen-bond donors (Lipinski definition) is 1. The zero-order valence-electron chi connectivity index (χ0n) is 15.2. The predicted molar refractivity (Wildman–Crippen MR) is 100 cm³/mol. The van der Waals surface area contributed by atoms with Crippen molar-refractivity contribution in [2.45, 2.75) is 19.4 Å². The lowest BCUT2D eigenvalue weighted by atomic mass is 9.99. The Hall–Kier alpha value is -2.31. The summed E-state index contributed by atoms with van der Waals surface area (Å²) in [6.07, 6.45) is 2.07. The molecule has 0 aliphatic carbocycles. The average Bonchev–Trinajstić information content (AvgIpc) is 2.65. The van der Waals surface area contributed by atoms with Crippen molar-refractivity contribution in [3.8, 4) is 0 Å². The van der Waals surface area contributed by atoms with Gasteiger partial charge in [-0.15, -0.1) is 0 Å². The highest BCUT2D eigenvalue weighted by Gasteiger charge is 2.22.